The summed E-state index contributed by atoms with van der Waals surface area (Å²) in [7, 11) is 1.58. The number of nitrogens with one attached hydrogen (secondary N) is 1. The van der Waals surface area contributed by atoms with Gasteiger partial charge in [-0.2, -0.15) is 0 Å². The molecule has 1 aliphatic heterocycles. The number of pyridine rings is 1. The predicted octanol–water partition coefficient (Wildman–Crippen LogP) is 2.75. The molecule has 2 aromatic rings. The third kappa shape index (κ3) is 2.74. The van der Waals surface area contributed by atoms with Gasteiger partial charge in [-0.3, -0.25) is 4.90 Å². The number of carbonyl (C=O) groups excluding carboxylic acids is 1. The van der Waals surface area contributed by atoms with Gasteiger partial charge in [0, 0.05) is 30.5 Å². The Bertz CT molecular complexity index is 687. The van der Waals surface area contributed by atoms with Crippen molar-refractivity contribution in [3.05, 3.63) is 53.7 Å². The lowest BCUT2D eigenvalue weighted by Gasteiger charge is -2.23. The van der Waals surface area contributed by atoms with Crippen molar-refractivity contribution >= 4 is 11.7 Å². The number of urea groups is 1. The van der Waals surface area contributed by atoms with Crippen LogP contribution in [0.5, 0.6) is 5.88 Å². The van der Waals surface area contributed by atoms with Gasteiger partial charge in [-0.25, -0.2) is 9.78 Å². The number of hydrogen-bond donors (Lipinski definition) is 1. The first kappa shape index (κ1) is 14.4. The Morgan fingerprint density at radius 1 is 1.41 bits per heavy atom. The van der Waals surface area contributed by atoms with Crippen LogP contribution in [0, 0.1) is 0 Å². The van der Waals surface area contributed by atoms with Crippen molar-refractivity contribution in [2.45, 2.75) is 25.9 Å². The van der Waals surface area contributed by atoms with Crippen LogP contribution in [0.25, 0.3) is 0 Å². The van der Waals surface area contributed by atoms with E-state index in [0.29, 0.717) is 12.4 Å². The van der Waals surface area contributed by atoms with Crippen LogP contribution >= 0.6 is 0 Å². The average molecular weight is 297 g/mol. The first-order chi connectivity index (χ1) is 10.7. The molecule has 2 heterocycles. The third-order valence-corrected chi connectivity index (χ3v) is 3.88. The highest BCUT2D eigenvalue weighted by Crippen LogP contribution is 2.31. The van der Waals surface area contributed by atoms with E-state index in [1.807, 2.05) is 35.2 Å². The lowest BCUT2D eigenvalue weighted by molar-refractivity contribution is 0.244. The van der Waals surface area contributed by atoms with E-state index in [1.165, 1.54) is 5.56 Å². The molecule has 1 atom stereocenters. The highest BCUT2D eigenvalue weighted by molar-refractivity contribution is 5.94. The lowest BCUT2D eigenvalue weighted by atomic mass is 10.1. The number of amides is 2. The zero-order valence-electron chi connectivity index (χ0n) is 12.7. The van der Waals surface area contributed by atoms with Crippen LogP contribution in [0.3, 0.4) is 0 Å². The van der Waals surface area contributed by atoms with E-state index in [2.05, 4.69) is 23.3 Å². The number of anilines is 1. The van der Waals surface area contributed by atoms with Crippen LogP contribution in [0.4, 0.5) is 10.5 Å². The van der Waals surface area contributed by atoms with Gasteiger partial charge in [0.1, 0.15) is 0 Å². The minimum Gasteiger partial charge on any atom is -0.481 e. The zero-order valence-corrected chi connectivity index (χ0v) is 12.7. The number of hydrogen-bond acceptors (Lipinski definition) is 3. The van der Waals surface area contributed by atoms with Gasteiger partial charge in [-0.1, -0.05) is 18.2 Å². The second-order valence-corrected chi connectivity index (χ2v) is 5.42. The second-order valence-electron chi connectivity index (χ2n) is 5.42. The summed E-state index contributed by atoms with van der Waals surface area (Å²) in [4.78, 5) is 18.4. The number of rotatable bonds is 3. The van der Waals surface area contributed by atoms with Crippen LogP contribution in [-0.2, 0) is 13.0 Å². The van der Waals surface area contributed by atoms with Crippen molar-refractivity contribution in [2.24, 2.45) is 0 Å². The van der Waals surface area contributed by atoms with Gasteiger partial charge in [-0.05, 0) is 36.6 Å². The van der Waals surface area contributed by atoms with E-state index in [1.54, 1.807) is 13.3 Å². The van der Waals surface area contributed by atoms with E-state index < -0.39 is 0 Å². The molecule has 0 saturated heterocycles. The Balaban J connectivity index is 1.70. The van der Waals surface area contributed by atoms with Gasteiger partial charge in [0.25, 0.3) is 0 Å². The summed E-state index contributed by atoms with van der Waals surface area (Å²) < 4.78 is 5.09. The monoisotopic (exact) mass is 297 g/mol. The van der Waals surface area contributed by atoms with Crippen LogP contribution < -0.4 is 15.0 Å². The molecule has 1 N–H and O–H groups in total. The molecule has 0 radical (unpaired) electrons. The Labute approximate surface area is 129 Å². The van der Waals surface area contributed by atoms with Gasteiger partial charge in [-0.15, -0.1) is 0 Å². The maximum atomic E-state index is 12.5. The summed E-state index contributed by atoms with van der Waals surface area (Å²) in [6, 6.07) is 11.8. The van der Waals surface area contributed by atoms with E-state index in [0.717, 1.165) is 17.7 Å². The van der Waals surface area contributed by atoms with E-state index in [4.69, 9.17) is 4.74 Å². The summed E-state index contributed by atoms with van der Waals surface area (Å²) in [5, 5.41) is 2.97. The van der Waals surface area contributed by atoms with Crippen LogP contribution in [-0.4, -0.2) is 24.2 Å². The normalized spacial score (nSPS) is 16.3. The number of carbonyl (C=O) groups is 1. The van der Waals surface area contributed by atoms with Crippen molar-refractivity contribution < 1.29 is 9.53 Å². The minimum atomic E-state index is -0.0757. The van der Waals surface area contributed by atoms with Crippen molar-refractivity contribution in [3.63, 3.8) is 0 Å². The molecule has 114 valence electrons. The summed E-state index contributed by atoms with van der Waals surface area (Å²) >= 11 is 0. The molecule has 0 fully saturated rings. The average Bonchev–Trinajstić information content (AvgIpc) is 2.88. The maximum absolute atomic E-state index is 12.5. The van der Waals surface area contributed by atoms with E-state index in [9.17, 15) is 4.79 Å². The molecule has 0 aliphatic carbocycles. The van der Waals surface area contributed by atoms with Crippen molar-refractivity contribution in [1.82, 2.24) is 10.3 Å². The van der Waals surface area contributed by atoms with E-state index >= 15 is 0 Å². The molecule has 3 rings (SSSR count). The molecule has 0 saturated carbocycles. The highest BCUT2D eigenvalue weighted by Gasteiger charge is 2.30. The fraction of sp³-hybridized carbons (Fsp3) is 0.294. The summed E-state index contributed by atoms with van der Waals surface area (Å²) in [5.41, 5.74) is 3.18. The molecular formula is C17H19N3O2. The van der Waals surface area contributed by atoms with Crippen LogP contribution in [0.15, 0.2) is 42.6 Å². The largest absolute Gasteiger partial charge is 0.481 e. The number of ether oxygens (including phenoxy) is 1. The number of fused-ring (bicyclic) bond motifs is 1. The van der Waals surface area contributed by atoms with Gasteiger partial charge in [0.2, 0.25) is 5.88 Å². The molecule has 1 aromatic carbocycles. The molecule has 1 unspecified atom stereocenters. The molecule has 22 heavy (non-hydrogen) atoms. The first-order valence-electron chi connectivity index (χ1n) is 7.33. The Morgan fingerprint density at radius 2 is 2.23 bits per heavy atom. The minimum absolute atomic E-state index is 0.0757. The highest BCUT2D eigenvalue weighted by atomic mass is 16.5. The quantitative estimate of drug-likeness (QED) is 0.947. The number of aromatic nitrogens is 1. The molecular weight excluding hydrogens is 278 g/mol. The second kappa shape index (κ2) is 6.05. The van der Waals surface area contributed by atoms with Crippen molar-refractivity contribution in [1.29, 1.82) is 0 Å². The molecule has 1 aromatic heterocycles. The summed E-state index contributed by atoms with van der Waals surface area (Å²) in [6.07, 6.45) is 2.57. The lowest BCUT2D eigenvalue weighted by Crippen LogP contribution is -2.42. The van der Waals surface area contributed by atoms with Crippen LogP contribution in [0.2, 0.25) is 0 Å². The molecule has 5 nitrogen and oxygen atoms in total. The third-order valence-electron chi connectivity index (χ3n) is 3.88. The fourth-order valence-corrected chi connectivity index (χ4v) is 2.81. The Kier molecular flexibility index (Phi) is 3.96. The van der Waals surface area contributed by atoms with Gasteiger partial charge < -0.3 is 10.1 Å². The number of methoxy groups -OCH3 is 1. The van der Waals surface area contributed by atoms with Crippen LogP contribution in [0.1, 0.15) is 18.1 Å². The zero-order chi connectivity index (χ0) is 15.5. The number of nitrogens with zero attached hydrogens (tertiary/aromatic N) is 2. The maximum Gasteiger partial charge on any atom is 0.322 e. The molecule has 1 aliphatic rings. The standard InChI is InChI=1S/C17H19N3O2/c1-12-9-14-5-3-4-6-15(14)20(12)17(21)19-11-13-7-8-18-16(10-13)22-2/h3-8,10,12H,9,11H2,1-2H3,(H,19,21). The number of benzene rings is 1. The predicted molar refractivity (Wildman–Crippen MR) is 85.1 cm³/mol. The van der Waals surface area contributed by atoms with Crippen molar-refractivity contribution in [3.8, 4) is 5.88 Å². The van der Waals surface area contributed by atoms with Gasteiger partial charge in [0.05, 0.1) is 7.11 Å². The Hall–Kier alpha value is -2.56. The smallest absolute Gasteiger partial charge is 0.322 e. The summed E-state index contributed by atoms with van der Waals surface area (Å²) in [6.45, 7) is 2.51. The van der Waals surface area contributed by atoms with Gasteiger partial charge in [0.15, 0.2) is 0 Å². The number of para-hydroxylation sites is 1. The van der Waals surface area contributed by atoms with E-state index in [-0.39, 0.29) is 12.1 Å². The molecule has 0 spiro atoms. The molecule has 2 amide bonds. The first-order valence-corrected chi connectivity index (χ1v) is 7.33. The molecule has 0 bridgehead atoms. The summed E-state index contributed by atoms with van der Waals surface area (Å²) in [5.74, 6) is 0.548. The van der Waals surface area contributed by atoms with Gasteiger partial charge >= 0.3 is 6.03 Å². The van der Waals surface area contributed by atoms with Crippen molar-refractivity contribution in [2.75, 3.05) is 12.0 Å². The molecule has 5 heteroatoms. The Morgan fingerprint density at radius 3 is 3.05 bits per heavy atom. The SMILES string of the molecule is COc1cc(CNC(=O)N2c3ccccc3CC2C)ccn1. The fourth-order valence-electron chi connectivity index (χ4n) is 2.81. The topological polar surface area (TPSA) is 54.5 Å².